The van der Waals surface area contributed by atoms with Crippen LogP contribution in [0.4, 0.5) is 4.79 Å². The molecule has 290 valence electrons. The minimum Gasteiger partial charge on any atom is -0.501 e. The molecular weight excluding hydrogens is 704 g/mol. The first-order valence-corrected chi connectivity index (χ1v) is 16.0. The Morgan fingerprint density at radius 3 is 1.30 bits per heavy atom. The van der Waals surface area contributed by atoms with E-state index >= 15 is 0 Å². The molecule has 0 aromatic carbocycles. The summed E-state index contributed by atoms with van der Waals surface area (Å²) in [6.45, 7) is 6.84. The van der Waals surface area contributed by atoms with Gasteiger partial charge in [0.05, 0.1) is 0 Å². The largest absolute Gasteiger partial charge is 0.503 e. The van der Waals surface area contributed by atoms with Gasteiger partial charge in [0.25, 0.3) is 34.4 Å². The number of aromatic nitrogens is 6. The smallest absolute Gasteiger partial charge is 0.501 e. The predicted octanol–water partition coefficient (Wildman–Crippen LogP) is -1.71. The van der Waals surface area contributed by atoms with Crippen LogP contribution in [0, 0.1) is 20.8 Å². The molecule has 0 aliphatic carbocycles. The van der Waals surface area contributed by atoms with Gasteiger partial charge in [-0.3, -0.25) is 47.4 Å². The first kappa shape index (κ1) is 42.8. The average Bonchev–Trinajstić information content (AvgIpc) is 3.09. The van der Waals surface area contributed by atoms with Crippen LogP contribution in [0.5, 0.6) is 17.2 Å². The quantitative estimate of drug-likeness (QED) is 0.0910. The Labute approximate surface area is 301 Å². The summed E-state index contributed by atoms with van der Waals surface area (Å²) < 4.78 is 3.30. The van der Waals surface area contributed by atoms with E-state index in [0.29, 0.717) is 12.8 Å². The second-order valence-corrected chi connectivity index (χ2v) is 11.7. The van der Waals surface area contributed by atoms with Crippen LogP contribution >= 0.6 is 0 Å². The molecule has 8 N–H and O–H groups in total. The summed E-state index contributed by atoms with van der Waals surface area (Å²) in [6, 6.07) is -0.550. The van der Waals surface area contributed by atoms with Crippen molar-refractivity contribution in [3.8, 4) is 17.2 Å². The predicted molar refractivity (Wildman–Crippen MR) is 186 cm³/mol. The number of amides is 3. The highest BCUT2D eigenvalue weighted by molar-refractivity contribution is 5.95. The zero-order valence-electron chi connectivity index (χ0n) is 30.3. The van der Waals surface area contributed by atoms with Gasteiger partial charge in [0.15, 0.2) is 17.1 Å². The van der Waals surface area contributed by atoms with Crippen molar-refractivity contribution in [2.75, 3.05) is 32.7 Å². The van der Waals surface area contributed by atoms with E-state index in [4.69, 9.17) is 15.0 Å². The molecule has 3 rings (SSSR count). The molecule has 0 saturated heterocycles. The molecule has 0 aliphatic heterocycles. The number of carboxylic acid groups (broad SMARTS) is 2. The molecular formula is C31H44N10O12. The second-order valence-electron chi connectivity index (χ2n) is 11.7. The van der Waals surface area contributed by atoms with Gasteiger partial charge in [0, 0.05) is 59.9 Å². The fraction of sp³-hybridized carbons (Fsp3) is 0.484. The lowest BCUT2D eigenvalue weighted by atomic mass is 10.1. The molecule has 3 heterocycles. The van der Waals surface area contributed by atoms with Gasteiger partial charge in [0.2, 0.25) is 17.2 Å². The summed E-state index contributed by atoms with van der Waals surface area (Å²) in [6.07, 6.45) is -0.748. The lowest BCUT2D eigenvalue weighted by Crippen LogP contribution is -2.48. The van der Waals surface area contributed by atoms with E-state index in [1.54, 1.807) is 4.90 Å². The third-order valence-electron chi connectivity index (χ3n) is 7.99. The highest BCUT2D eigenvalue weighted by Gasteiger charge is 2.24. The number of carbonyl (C=O) groups is 4. The van der Waals surface area contributed by atoms with Crippen LogP contribution in [0.1, 0.15) is 68.7 Å². The number of hydrogen-bond donors (Lipinski definition) is 8. The van der Waals surface area contributed by atoms with E-state index in [1.165, 1.54) is 41.9 Å². The van der Waals surface area contributed by atoms with Crippen LogP contribution in [-0.4, -0.2) is 122 Å². The molecule has 1 atom stereocenters. The van der Waals surface area contributed by atoms with Gasteiger partial charge in [-0.2, -0.15) is 0 Å². The highest BCUT2D eigenvalue weighted by Crippen LogP contribution is 2.12. The van der Waals surface area contributed by atoms with Crippen molar-refractivity contribution >= 4 is 23.9 Å². The Hall–Kier alpha value is -6.32. The zero-order valence-corrected chi connectivity index (χ0v) is 30.3. The number of hydrogen-bond acceptors (Lipinski definition) is 14. The summed E-state index contributed by atoms with van der Waals surface area (Å²) >= 11 is 0. The summed E-state index contributed by atoms with van der Waals surface area (Å²) in [5.74, 6) is -4.14. The van der Waals surface area contributed by atoms with Crippen LogP contribution in [0.2, 0.25) is 0 Å². The fourth-order valence-electron chi connectivity index (χ4n) is 4.81. The third-order valence-corrected chi connectivity index (χ3v) is 7.99. The van der Waals surface area contributed by atoms with Crippen LogP contribution < -0.4 is 32.6 Å². The SMILES string of the molecule is CCCC(CN(CCNC(=O)c1nc(C)n(C)c(=O)c1O)CCNC(=O)c1nc(C)n(C)c(=O)c1O)NC(=O)c1nc(C)n(C)c(=O)c1O.O=C(O)O. The van der Waals surface area contributed by atoms with Gasteiger partial charge in [-0.15, -0.1) is 0 Å². The summed E-state index contributed by atoms with van der Waals surface area (Å²) in [7, 11) is 4.22. The molecule has 3 amide bonds. The lowest BCUT2D eigenvalue weighted by Gasteiger charge is -2.28. The Morgan fingerprint density at radius 2 is 0.981 bits per heavy atom. The van der Waals surface area contributed by atoms with Gasteiger partial charge in [-0.05, 0) is 27.2 Å². The number of nitrogens with zero attached hydrogens (tertiary/aromatic N) is 7. The molecule has 22 nitrogen and oxygen atoms in total. The maximum atomic E-state index is 13.2. The van der Waals surface area contributed by atoms with E-state index in [0.717, 1.165) is 13.7 Å². The van der Waals surface area contributed by atoms with E-state index in [2.05, 4.69) is 30.9 Å². The minimum absolute atomic E-state index is 0.0124. The Balaban J connectivity index is 0.00000231. The normalized spacial score (nSPS) is 11.3. The Kier molecular flexibility index (Phi) is 15.2. The topological polar surface area (TPSA) is 313 Å². The third kappa shape index (κ3) is 11.1. The molecule has 1 unspecified atom stereocenters. The van der Waals surface area contributed by atoms with Gasteiger partial charge in [-0.25, -0.2) is 19.7 Å². The molecule has 0 bridgehead atoms. The standard InChI is InChI=1S/C30H42N10O9.CH2O3/c1-8-9-18(36-27(46)21-24(43)30(49)39(7)17(4)35-21)14-40(12-10-31-25(44)19-22(41)28(47)37(5)15(2)33-19)13-11-32-26(45)20-23(42)29(48)38(6)16(3)34-20;2-1(3)4/h18,41-43H,8-14H2,1-7H3,(H,31,44)(H,32,45)(H,36,46);(H2,2,3,4). The van der Waals surface area contributed by atoms with Crippen LogP contribution in [0.25, 0.3) is 0 Å². The maximum Gasteiger partial charge on any atom is 0.503 e. The number of nitrogens with one attached hydrogen (secondary N) is 3. The first-order chi connectivity index (χ1) is 24.7. The first-order valence-electron chi connectivity index (χ1n) is 16.0. The van der Waals surface area contributed by atoms with Gasteiger partial charge in [0.1, 0.15) is 17.5 Å². The van der Waals surface area contributed by atoms with E-state index < -0.39 is 80.9 Å². The number of carbonyl (C=O) groups excluding carboxylic acids is 3. The molecule has 0 spiro atoms. The molecule has 0 aliphatic rings. The Morgan fingerprint density at radius 1 is 0.660 bits per heavy atom. The molecule has 22 heteroatoms. The average molecular weight is 749 g/mol. The molecule has 3 aromatic rings. The molecule has 0 radical (unpaired) electrons. The monoisotopic (exact) mass is 748 g/mol. The van der Waals surface area contributed by atoms with Gasteiger partial charge in [-0.1, -0.05) is 13.3 Å². The highest BCUT2D eigenvalue weighted by atomic mass is 16.6. The summed E-state index contributed by atoms with van der Waals surface area (Å²) in [5.41, 5.74) is -3.66. The van der Waals surface area contributed by atoms with Crippen molar-refractivity contribution in [3.63, 3.8) is 0 Å². The van der Waals surface area contributed by atoms with Gasteiger partial charge >= 0.3 is 6.16 Å². The van der Waals surface area contributed by atoms with Crippen molar-refractivity contribution < 1.29 is 44.7 Å². The van der Waals surface area contributed by atoms with Crippen molar-refractivity contribution in [3.05, 3.63) is 65.6 Å². The number of aromatic hydroxyl groups is 3. The number of rotatable bonds is 14. The van der Waals surface area contributed by atoms with Gasteiger partial charge < -0.3 is 41.5 Å². The summed E-state index contributed by atoms with van der Waals surface area (Å²) in [5, 5.41) is 52.7. The molecule has 3 aromatic heterocycles. The van der Waals surface area contributed by atoms with Crippen molar-refractivity contribution in [1.29, 1.82) is 0 Å². The van der Waals surface area contributed by atoms with E-state index in [-0.39, 0.29) is 50.2 Å². The maximum absolute atomic E-state index is 13.2. The number of aryl methyl sites for hydroxylation is 3. The second kappa shape index (κ2) is 18.8. The summed E-state index contributed by atoms with van der Waals surface area (Å²) in [4.78, 5) is 98.1. The van der Waals surface area contributed by atoms with E-state index in [9.17, 15) is 44.1 Å². The Bertz CT molecular complexity index is 1950. The van der Waals surface area contributed by atoms with Crippen LogP contribution in [0.15, 0.2) is 14.4 Å². The zero-order chi connectivity index (χ0) is 40.3. The lowest BCUT2D eigenvalue weighted by molar-refractivity contribution is 0.0911. The van der Waals surface area contributed by atoms with Crippen LogP contribution in [-0.2, 0) is 21.1 Å². The van der Waals surface area contributed by atoms with E-state index in [1.807, 2.05) is 6.92 Å². The van der Waals surface area contributed by atoms with Crippen molar-refractivity contribution in [1.82, 2.24) is 49.5 Å². The van der Waals surface area contributed by atoms with Crippen molar-refractivity contribution in [2.24, 2.45) is 21.1 Å². The van der Waals surface area contributed by atoms with Crippen molar-refractivity contribution in [2.45, 2.75) is 46.6 Å². The fourth-order valence-corrected chi connectivity index (χ4v) is 4.81. The molecule has 0 fully saturated rings. The molecule has 0 saturated carbocycles. The molecule has 53 heavy (non-hydrogen) atoms. The van der Waals surface area contributed by atoms with Crippen LogP contribution in [0.3, 0.4) is 0 Å². The minimum atomic E-state index is -1.83.